The molecule has 1 N–H and O–H groups in total. The molecular weight excluding hydrogens is 586 g/mol. The summed E-state index contributed by atoms with van der Waals surface area (Å²) in [6.07, 6.45) is 10.3. The van der Waals surface area contributed by atoms with Crippen molar-refractivity contribution < 1.29 is 9.53 Å². The number of carbonyl (C=O) groups is 1. The largest absolute Gasteiger partial charge is 0.379 e. The monoisotopic (exact) mass is 633 g/mol. The first kappa shape index (κ1) is 30.8. The molecule has 4 saturated heterocycles. The van der Waals surface area contributed by atoms with Crippen LogP contribution in [0.4, 0.5) is 5.82 Å². The Morgan fingerprint density at radius 2 is 1.93 bits per heavy atom. The molecule has 3 aromatic rings. The lowest BCUT2D eigenvalue weighted by Gasteiger charge is -2.58. The Balaban J connectivity index is 0.000000308. The molecule has 1 aliphatic carbocycles. The number of hydrogen-bond acceptors (Lipinski definition) is 6. The molecule has 4 aliphatic heterocycles. The summed E-state index contributed by atoms with van der Waals surface area (Å²) in [7, 11) is 2.19. The lowest BCUT2D eigenvalue weighted by Crippen LogP contribution is -2.63. The van der Waals surface area contributed by atoms with Crippen LogP contribution in [0.2, 0.25) is 5.02 Å². The predicted molar refractivity (Wildman–Crippen MR) is 180 cm³/mol. The second-order valence-electron chi connectivity index (χ2n) is 14.9. The molecule has 5 fully saturated rings. The minimum absolute atomic E-state index is 0.0287. The zero-order chi connectivity index (χ0) is 31.7. The van der Waals surface area contributed by atoms with Crippen molar-refractivity contribution in [1.82, 2.24) is 29.8 Å². The number of nitrogens with one attached hydrogen (secondary N) is 1. The maximum absolute atomic E-state index is 12.0. The lowest BCUT2D eigenvalue weighted by molar-refractivity contribution is -0.149. The molecule has 8 rings (SSSR count). The number of hydrogen-bond donors (Lipinski definition) is 1. The third-order valence-electron chi connectivity index (χ3n) is 11.5. The average molecular weight is 634 g/mol. The maximum atomic E-state index is 12.0. The summed E-state index contributed by atoms with van der Waals surface area (Å²) in [4.78, 5) is 18.8. The Morgan fingerprint density at radius 3 is 2.64 bits per heavy atom. The summed E-state index contributed by atoms with van der Waals surface area (Å²) < 4.78 is 7.61. The zero-order valence-electron chi connectivity index (χ0n) is 27.5. The van der Waals surface area contributed by atoms with E-state index >= 15 is 0 Å². The summed E-state index contributed by atoms with van der Waals surface area (Å²) in [5.41, 5.74) is 5.75. The van der Waals surface area contributed by atoms with Gasteiger partial charge in [0.1, 0.15) is 0 Å². The molecule has 2 aromatic heterocycles. The smallest absolute Gasteiger partial charge is 0.245 e. The van der Waals surface area contributed by atoms with Crippen LogP contribution in [0.25, 0.3) is 22.0 Å². The highest BCUT2D eigenvalue weighted by Crippen LogP contribution is 2.55. The molecule has 1 saturated carbocycles. The first-order valence-corrected chi connectivity index (χ1v) is 17.1. The number of anilines is 1. The first-order chi connectivity index (χ1) is 21.5. The van der Waals surface area contributed by atoms with Crippen LogP contribution in [0, 0.1) is 25.2 Å². The van der Waals surface area contributed by atoms with Gasteiger partial charge in [-0.15, -0.1) is 0 Å². The fraction of sp³-hybridized carbons (Fsp3) is 0.629. The number of likely N-dealkylation sites (N-methyl/N-ethyl adjacent to an activating group) is 1. The fourth-order valence-corrected chi connectivity index (χ4v) is 8.99. The second-order valence-corrected chi connectivity index (χ2v) is 15.3. The van der Waals surface area contributed by atoms with Crippen molar-refractivity contribution >= 4 is 34.2 Å². The Labute approximate surface area is 271 Å². The van der Waals surface area contributed by atoms with E-state index in [9.17, 15) is 4.79 Å². The van der Waals surface area contributed by atoms with Gasteiger partial charge in [0.2, 0.25) is 5.91 Å². The molecule has 2 atom stereocenters. The Hall–Kier alpha value is -2.88. The fourth-order valence-electron chi connectivity index (χ4n) is 8.79. The number of rotatable bonds is 4. The molecule has 1 aromatic carbocycles. The van der Waals surface area contributed by atoms with E-state index in [1.807, 2.05) is 17.2 Å². The van der Waals surface area contributed by atoms with Crippen LogP contribution in [0.3, 0.4) is 0 Å². The van der Waals surface area contributed by atoms with Gasteiger partial charge in [0.15, 0.2) is 5.82 Å². The van der Waals surface area contributed by atoms with E-state index in [2.05, 4.69) is 66.0 Å². The highest BCUT2D eigenvalue weighted by Gasteiger charge is 2.54. The van der Waals surface area contributed by atoms with Crippen LogP contribution in [0.15, 0.2) is 24.9 Å². The van der Waals surface area contributed by atoms with Gasteiger partial charge in [0, 0.05) is 69.8 Å². The van der Waals surface area contributed by atoms with Crippen LogP contribution in [-0.4, -0.2) is 93.7 Å². The minimum Gasteiger partial charge on any atom is -0.379 e. The number of aromatic amines is 1. The molecule has 2 unspecified atom stereocenters. The van der Waals surface area contributed by atoms with Gasteiger partial charge in [-0.3, -0.25) is 14.6 Å². The van der Waals surface area contributed by atoms with Gasteiger partial charge >= 0.3 is 0 Å². The maximum Gasteiger partial charge on any atom is 0.245 e. The summed E-state index contributed by atoms with van der Waals surface area (Å²) >= 11 is 6.74. The molecule has 45 heavy (non-hydrogen) atoms. The molecule has 5 aliphatic rings. The highest BCUT2D eigenvalue weighted by molar-refractivity contribution is 6.33. The summed E-state index contributed by atoms with van der Waals surface area (Å²) in [6.45, 7) is 18.5. The molecule has 1 amide bonds. The van der Waals surface area contributed by atoms with Gasteiger partial charge in [-0.25, -0.2) is 0 Å². The quantitative estimate of drug-likeness (QED) is 0.347. The SMILES string of the molecule is C=CC(=O)N1CC2(CC(n3nc(N4CCCCC4(C)C)c(-c4c(C)c(Cl)cc5[nH]ncc45)c3C)C2)C1.CN1CCC2COCC21. The molecule has 0 radical (unpaired) electrons. The van der Waals surface area contributed by atoms with Crippen LogP contribution >= 0.6 is 11.6 Å². The number of likely N-dealkylation sites (tertiary alicyclic amines) is 2. The van der Waals surface area contributed by atoms with Crippen molar-refractivity contribution in [3.05, 3.63) is 41.2 Å². The number of carbonyl (C=O) groups excluding carboxylic acids is 1. The molecule has 0 bridgehead atoms. The minimum atomic E-state index is 0.0287. The lowest BCUT2D eigenvalue weighted by atomic mass is 9.60. The third kappa shape index (κ3) is 5.19. The van der Waals surface area contributed by atoms with Crippen molar-refractivity contribution in [3.63, 3.8) is 0 Å². The molecule has 9 nitrogen and oxygen atoms in total. The van der Waals surface area contributed by atoms with Gasteiger partial charge in [0.25, 0.3) is 0 Å². The second kappa shape index (κ2) is 11.4. The Morgan fingerprint density at radius 1 is 1.16 bits per heavy atom. The summed E-state index contributed by atoms with van der Waals surface area (Å²) in [5, 5.41) is 14.6. The zero-order valence-corrected chi connectivity index (χ0v) is 28.3. The Bertz CT molecular complexity index is 1610. The van der Waals surface area contributed by atoms with E-state index in [0.717, 1.165) is 96.9 Å². The normalized spacial score (nSPS) is 25.6. The van der Waals surface area contributed by atoms with Gasteiger partial charge in [0.05, 0.1) is 31.0 Å². The third-order valence-corrected chi connectivity index (χ3v) is 11.9. The Kier molecular flexibility index (Phi) is 7.81. The van der Waals surface area contributed by atoms with Crippen molar-refractivity contribution in [1.29, 1.82) is 0 Å². The number of nitrogens with zero attached hydrogens (tertiary/aromatic N) is 6. The van der Waals surface area contributed by atoms with E-state index in [4.69, 9.17) is 21.4 Å². The van der Waals surface area contributed by atoms with Gasteiger partial charge in [-0.1, -0.05) is 18.2 Å². The molecule has 1 spiro atoms. The number of benzene rings is 1. The van der Waals surface area contributed by atoms with Crippen LogP contribution in [0.1, 0.15) is 69.7 Å². The number of piperidine rings is 1. The topological polar surface area (TPSA) is 82.5 Å². The molecule has 242 valence electrons. The number of aromatic nitrogens is 4. The standard InChI is InChI=1S/C28H35ClN6O.C7H13NO/c1-6-23(36)33-15-28(16-33)12-19(13-28)35-18(3)25(26(32-35)34-10-8-7-9-27(34,4)5)24-17(2)21(29)11-22-20(24)14-30-31-22;1-8-3-2-6-4-9-5-7(6)8/h6,11,14,19H,1,7-10,12-13,15-16H2,2-5H3,(H,30,31);6-7H,2-5H2,1H3. The number of amides is 1. The van der Waals surface area contributed by atoms with E-state index in [-0.39, 0.29) is 16.9 Å². The van der Waals surface area contributed by atoms with E-state index in [1.165, 1.54) is 43.1 Å². The van der Waals surface area contributed by atoms with Gasteiger partial charge < -0.3 is 19.4 Å². The number of fused-ring (bicyclic) bond motifs is 2. The first-order valence-electron chi connectivity index (χ1n) is 16.7. The summed E-state index contributed by atoms with van der Waals surface area (Å²) in [5.74, 6) is 1.95. The van der Waals surface area contributed by atoms with E-state index in [1.54, 1.807) is 0 Å². The van der Waals surface area contributed by atoms with Crippen LogP contribution in [-0.2, 0) is 9.53 Å². The number of H-pyrrole nitrogens is 1. The predicted octanol–water partition coefficient (Wildman–Crippen LogP) is 6.15. The van der Waals surface area contributed by atoms with Crippen LogP contribution < -0.4 is 4.90 Å². The highest BCUT2D eigenvalue weighted by atomic mass is 35.5. The van der Waals surface area contributed by atoms with E-state index in [0.29, 0.717) is 6.04 Å². The average Bonchev–Trinajstić information content (AvgIpc) is 3.75. The van der Waals surface area contributed by atoms with Crippen molar-refractivity contribution in [3.8, 4) is 11.1 Å². The molecular formula is C35H48ClN7O2. The molecule has 6 heterocycles. The summed E-state index contributed by atoms with van der Waals surface area (Å²) in [6, 6.07) is 3.06. The van der Waals surface area contributed by atoms with Crippen molar-refractivity contribution in [2.75, 3.05) is 51.3 Å². The van der Waals surface area contributed by atoms with Crippen LogP contribution in [0.5, 0.6) is 0 Å². The van der Waals surface area contributed by atoms with E-state index < -0.39 is 0 Å². The van der Waals surface area contributed by atoms with Crippen molar-refractivity contribution in [2.45, 2.75) is 83.8 Å². The molecule has 10 heteroatoms. The van der Waals surface area contributed by atoms with Gasteiger partial charge in [-0.05, 0) is 97.5 Å². The van der Waals surface area contributed by atoms with Crippen molar-refractivity contribution in [2.24, 2.45) is 11.3 Å². The number of halogens is 1. The van der Waals surface area contributed by atoms with Gasteiger partial charge in [-0.2, -0.15) is 10.2 Å². The number of ether oxygens (including phenoxy) is 1.